The van der Waals surface area contributed by atoms with Gasteiger partial charge < -0.3 is 0 Å². The second-order valence-corrected chi connectivity index (χ2v) is 7.80. The van der Waals surface area contributed by atoms with E-state index >= 15 is 0 Å². The van der Waals surface area contributed by atoms with Gasteiger partial charge in [0.1, 0.15) is 0 Å². The second-order valence-electron chi connectivity index (χ2n) is 7.80. The molecule has 0 saturated carbocycles. The molecule has 1 heteroatoms. The summed E-state index contributed by atoms with van der Waals surface area (Å²) in [7, 11) is 0. The van der Waals surface area contributed by atoms with Crippen LogP contribution in [0.25, 0.3) is 0 Å². The van der Waals surface area contributed by atoms with Crippen molar-refractivity contribution in [2.45, 2.75) is 117 Å². The van der Waals surface area contributed by atoms with Gasteiger partial charge in [0.15, 0.2) is 6.29 Å². The first kappa shape index (κ1) is 20.7. The van der Waals surface area contributed by atoms with Crippen LogP contribution in [0.1, 0.15) is 117 Å². The summed E-state index contributed by atoms with van der Waals surface area (Å²) in [6.07, 6.45) is 21.7. The molecule has 0 bridgehead atoms. The van der Waals surface area contributed by atoms with Gasteiger partial charge in [0.25, 0.3) is 0 Å². The van der Waals surface area contributed by atoms with E-state index in [9.17, 15) is 4.79 Å². The lowest BCUT2D eigenvalue weighted by Crippen LogP contribution is -2.03. The number of hydrogen-bond donors (Lipinski definition) is 0. The van der Waals surface area contributed by atoms with Gasteiger partial charge in [-0.05, 0) is 18.3 Å². The smallest absolute Gasteiger partial charge is 0.198 e. The molecule has 125 valence electrons. The summed E-state index contributed by atoms with van der Waals surface area (Å²) in [6, 6.07) is 0. The van der Waals surface area contributed by atoms with Gasteiger partial charge in [-0.1, -0.05) is 97.8 Å². The first-order chi connectivity index (χ1) is 10.1. The van der Waals surface area contributed by atoms with Crippen LogP contribution in [0.4, 0.5) is 0 Å². The van der Waals surface area contributed by atoms with Gasteiger partial charge >= 0.3 is 0 Å². The number of rotatable bonds is 15. The van der Waals surface area contributed by atoms with Gasteiger partial charge in [0, 0.05) is 6.42 Å². The highest BCUT2D eigenvalue weighted by Crippen LogP contribution is 2.22. The molecule has 0 aromatic rings. The van der Waals surface area contributed by atoms with Crippen molar-refractivity contribution in [1.82, 2.24) is 0 Å². The van der Waals surface area contributed by atoms with Crippen LogP contribution in [0.3, 0.4) is 0 Å². The summed E-state index contributed by atoms with van der Waals surface area (Å²) in [5.41, 5.74) is 0.519. The van der Waals surface area contributed by atoms with Gasteiger partial charge in [-0.15, -0.1) is 0 Å². The lowest BCUT2D eigenvalue weighted by molar-refractivity contribution is 0.356. The summed E-state index contributed by atoms with van der Waals surface area (Å²) in [5, 5.41) is 0. The minimum atomic E-state index is 0.519. The van der Waals surface area contributed by atoms with Crippen LogP contribution in [-0.4, -0.2) is 6.29 Å². The van der Waals surface area contributed by atoms with E-state index in [0.717, 1.165) is 6.42 Å². The van der Waals surface area contributed by atoms with Crippen molar-refractivity contribution >= 4 is 6.29 Å². The molecule has 0 N–H and O–H groups in total. The third-order valence-corrected chi connectivity index (χ3v) is 4.21. The highest BCUT2D eigenvalue weighted by molar-refractivity contribution is 5.50. The van der Waals surface area contributed by atoms with Gasteiger partial charge in [-0.2, -0.15) is 0 Å². The van der Waals surface area contributed by atoms with Crippen molar-refractivity contribution < 1.29 is 4.79 Å². The van der Waals surface area contributed by atoms with E-state index in [1.807, 2.05) is 6.29 Å². The summed E-state index contributed by atoms with van der Waals surface area (Å²) in [4.78, 5) is 10.0. The molecule has 0 unspecified atom stereocenters. The zero-order valence-corrected chi connectivity index (χ0v) is 15.0. The Hall–Kier alpha value is -0.330. The third kappa shape index (κ3) is 19.7. The monoisotopic (exact) mass is 295 g/mol. The fourth-order valence-corrected chi connectivity index (χ4v) is 2.80. The summed E-state index contributed by atoms with van der Waals surface area (Å²) < 4.78 is 0. The Balaban J connectivity index is 3.01. The quantitative estimate of drug-likeness (QED) is 0.297. The van der Waals surface area contributed by atoms with Gasteiger partial charge in [0.05, 0.1) is 0 Å². The lowest BCUT2D eigenvalue weighted by atomic mass is 9.89. The molecule has 0 aliphatic heterocycles. The molecule has 1 radical (unpaired) electrons. The van der Waals surface area contributed by atoms with Crippen molar-refractivity contribution in [3.63, 3.8) is 0 Å². The van der Waals surface area contributed by atoms with Crippen LogP contribution in [0.15, 0.2) is 0 Å². The van der Waals surface area contributed by atoms with Gasteiger partial charge in [-0.3, -0.25) is 4.79 Å². The van der Waals surface area contributed by atoms with E-state index in [-0.39, 0.29) is 0 Å². The molecule has 0 atom stereocenters. The van der Waals surface area contributed by atoms with Crippen molar-refractivity contribution in [3.05, 3.63) is 0 Å². The van der Waals surface area contributed by atoms with E-state index in [0.29, 0.717) is 11.8 Å². The molecule has 0 rings (SSSR count). The maximum atomic E-state index is 10.0. The lowest BCUT2D eigenvalue weighted by Gasteiger charge is -2.17. The molecule has 0 aliphatic carbocycles. The Morgan fingerprint density at radius 1 is 0.571 bits per heavy atom. The molecule has 0 aromatic heterocycles. The number of carbonyl (C=O) groups excluding carboxylic acids is 1. The molecule has 0 saturated heterocycles. The largest absolute Gasteiger partial charge is 0.291 e. The minimum absolute atomic E-state index is 0.519. The molecule has 21 heavy (non-hydrogen) atoms. The maximum absolute atomic E-state index is 10.0. The average molecular weight is 296 g/mol. The second kappa shape index (κ2) is 14.6. The van der Waals surface area contributed by atoms with E-state index in [1.165, 1.54) is 83.5 Å². The Kier molecular flexibility index (Phi) is 14.4. The Labute approximate surface area is 134 Å². The highest BCUT2D eigenvalue weighted by atomic mass is 16.1. The summed E-state index contributed by atoms with van der Waals surface area (Å²) >= 11 is 0. The van der Waals surface area contributed by atoms with E-state index in [4.69, 9.17) is 0 Å². The fraction of sp³-hybridized carbons (Fsp3) is 0.950. The molecule has 0 spiro atoms. The van der Waals surface area contributed by atoms with Crippen molar-refractivity contribution in [2.75, 3.05) is 0 Å². The molecule has 0 aliphatic rings. The zero-order chi connectivity index (χ0) is 15.8. The Morgan fingerprint density at radius 3 is 1.24 bits per heavy atom. The predicted molar refractivity (Wildman–Crippen MR) is 94.4 cm³/mol. The summed E-state index contributed by atoms with van der Waals surface area (Å²) in [5.74, 6) is 0. The van der Waals surface area contributed by atoms with Gasteiger partial charge in [-0.25, -0.2) is 0 Å². The third-order valence-electron chi connectivity index (χ3n) is 4.21. The summed E-state index contributed by atoms with van der Waals surface area (Å²) in [6.45, 7) is 7.02. The SMILES string of the molecule is CC(C)(C)CCCCCCCCCCCCCCC[C]=O. The van der Waals surface area contributed by atoms with E-state index in [1.54, 1.807) is 0 Å². The van der Waals surface area contributed by atoms with Gasteiger partial charge in [0.2, 0.25) is 0 Å². The fourth-order valence-electron chi connectivity index (χ4n) is 2.80. The van der Waals surface area contributed by atoms with Crippen LogP contribution in [-0.2, 0) is 4.79 Å². The normalized spacial score (nSPS) is 11.8. The minimum Gasteiger partial charge on any atom is -0.291 e. The molecule has 0 heterocycles. The van der Waals surface area contributed by atoms with Crippen LogP contribution >= 0.6 is 0 Å². The van der Waals surface area contributed by atoms with Crippen molar-refractivity contribution in [3.8, 4) is 0 Å². The molecule has 0 aromatic carbocycles. The molecule has 0 fully saturated rings. The molecule has 1 nitrogen and oxygen atoms in total. The van der Waals surface area contributed by atoms with E-state index in [2.05, 4.69) is 20.8 Å². The van der Waals surface area contributed by atoms with Crippen molar-refractivity contribution in [2.24, 2.45) is 5.41 Å². The molecule has 0 amide bonds. The van der Waals surface area contributed by atoms with Crippen LogP contribution < -0.4 is 0 Å². The van der Waals surface area contributed by atoms with Crippen molar-refractivity contribution in [1.29, 1.82) is 0 Å². The topological polar surface area (TPSA) is 17.1 Å². The van der Waals surface area contributed by atoms with Crippen LogP contribution in [0, 0.1) is 5.41 Å². The predicted octanol–water partition coefficient (Wildman–Crippen LogP) is 6.99. The zero-order valence-electron chi connectivity index (χ0n) is 15.0. The Bertz CT molecular complexity index is 214. The first-order valence-corrected chi connectivity index (χ1v) is 9.41. The Morgan fingerprint density at radius 2 is 0.905 bits per heavy atom. The number of hydrogen-bond acceptors (Lipinski definition) is 1. The number of unbranched alkanes of at least 4 members (excludes halogenated alkanes) is 13. The first-order valence-electron chi connectivity index (χ1n) is 9.41. The van der Waals surface area contributed by atoms with E-state index < -0.39 is 0 Å². The van der Waals surface area contributed by atoms with Crippen LogP contribution in [0.2, 0.25) is 0 Å². The standard InChI is InChI=1S/C20H39O/c1-20(2,3)18-16-14-12-10-8-6-4-5-7-9-11-13-15-17-19-21/h4-18H2,1-3H3. The molecular formula is C20H39O. The average Bonchev–Trinajstić information content (AvgIpc) is 2.42. The maximum Gasteiger partial charge on any atom is 0.198 e. The van der Waals surface area contributed by atoms with Crippen LogP contribution in [0.5, 0.6) is 0 Å². The molecular weight excluding hydrogens is 256 g/mol. The highest BCUT2D eigenvalue weighted by Gasteiger charge is 2.08.